The predicted octanol–water partition coefficient (Wildman–Crippen LogP) is 1.17. The number of carbonyl (C=O) groups excluding carboxylic acids is 1. The van der Waals surface area contributed by atoms with Gasteiger partial charge in [-0.2, -0.15) is 0 Å². The topological polar surface area (TPSA) is 101 Å². The van der Waals surface area contributed by atoms with Gasteiger partial charge in [0.25, 0.3) is 5.69 Å². The summed E-state index contributed by atoms with van der Waals surface area (Å²) in [5.74, 6) is -1.35. The minimum Gasteiger partial charge on any atom is -0.480 e. The summed E-state index contributed by atoms with van der Waals surface area (Å²) >= 11 is 0. The number of carboxylic acid groups (broad SMARTS) is 1. The van der Waals surface area contributed by atoms with Crippen molar-refractivity contribution in [2.24, 2.45) is 0 Å². The average Bonchev–Trinajstić information content (AvgIpc) is 2.71. The Bertz CT molecular complexity index is 511. The van der Waals surface area contributed by atoms with Crippen molar-refractivity contribution >= 4 is 23.3 Å². The molecular formula is C11H10N2O5. The highest BCUT2D eigenvalue weighted by Crippen LogP contribution is 2.28. The van der Waals surface area contributed by atoms with Gasteiger partial charge in [-0.15, -0.1) is 0 Å². The number of carbonyl (C=O) groups is 2. The Labute approximate surface area is 102 Å². The largest absolute Gasteiger partial charge is 0.480 e. The number of hydrogen-bond donors (Lipinski definition) is 1. The molecule has 1 aromatic carbocycles. The number of amides is 1. The van der Waals surface area contributed by atoms with E-state index in [4.69, 9.17) is 5.11 Å². The molecule has 7 nitrogen and oxygen atoms in total. The highest BCUT2D eigenvalue weighted by molar-refractivity contribution is 6.02. The van der Waals surface area contributed by atoms with Crippen molar-refractivity contribution in [1.29, 1.82) is 0 Å². The number of rotatable bonds is 3. The Kier molecular flexibility index (Phi) is 2.97. The van der Waals surface area contributed by atoms with E-state index in [1.54, 1.807) is 0 Å². The first-order valence-electron chi connectivity index (χ1n) is 5.30. The van der Waals surface area contributed by atoms with E-state index in [1.165, 1.54) is 29.2 Å². The third kappa shape index (κ3) is 2.02. The number of non-ortho nitro benzene ring substituents is 1. The Hall–Kier alpha value is -2.44. The molecule has 0 aliphatic carbocycles. The lowest BCUT2D eigenvalue weighted by atomic mass is 10.2. The molecule has 1 aromatic rings. The zero-order valence-corrected chi connectivity index (χ0v) is 9.28. The number of carboxylic acids is 1. The van der Waals surface area contributed by atoms with Crippen LogP contribution >= 0.6 is 0 Å². The van der Waals surface area contributed by atoms with Crippen LogP contribution in [0.2, 0.25) is 0 Å². The minimum atomic E-state index is -1.07. The third-order valence-corrected chi connectivity index (χ3v) is 2.84. The minimum absolute atomic E-state index is 0.0997. The van der Waals surface area contributed by atoms with Crippen molar-refractivity contribution in [3.63, 3.8) is 0 Å². The molecule has 1 atom stereocenters. The van der Waals surface area contributed by atoms with Gasteiger partial charge in [0.15, 0.2) is 0 Å². The van der Waals surface area contributed by atoms with E-state index in [2.05, 4.69) is 0 Å². The fourth-order valence-electron chi connectivity index (χ4n) is 1.98. The quantitative estimate of drug-likeness (QED) is 0.641. The first kappa shape index (κ1) is 12.0. The van der Waals surface area contributed by atoms with Gasteiger partial charge in [-0.3, -0.25) is 19.8 Å². The highest BCUT2D eigenvalue weighted by Gasteiger charge is 2.37. The summed E-state index contributed by atoms with van der Waals surface area (Å²) in [5.41, 5.74) is 0.271. The van der Waals surface area contributed by atoms with Crippen LogP contribution in [-0.4, -0.2) is 27.9 Å². The second kappa shape index (κ2) is 4.44. The predicted molar refractivity (Wildman–Crippen MR) is 61.2 cm³/mol. The van der Waals surface area contributed by atoms with E-state index < -0.39 is 16.9 Å². The van der Waals surface area contributed by atoms with Crippen LogP contribution in [0.25, 0.3) is 0 Å². The number of benzene rings is 1. The Morgan fingerprint density at radius 3 is 2.50 bits per heavy atom. The molecular weight excluding hydrogens is 240 g/mol. The fourth-order valence-corrected chi connectivity index (χ4v) is 1.98. The molecule has 0 spiro atoms. The molecule has 2 rings (SSSR count). The van der Waals surface area contributed by atoms with Crippen LogP contribution in [0, 0.1) is 10.1 Å². The summed E-state index contributed by atoms with van der Waals surface area (Å²) in [6, 6.07) is 4.38. The molecule has 1 saturated heterocycles. The molecule has 1 unspecified atom stereocenters. The van der Waals surface area contributed by atoms with Gasteiger partial charge in [0.2, 0.25) is 5.91 Å². The van der Waals surface area contributed by atoms with Gasteiger partial charge in [-0.05, 0) is 18.6 Å². The molecule has 0 saturated carbocycles. The molecule has 1 aliphatic rings. The van der Waals surface area contributed by atoms with Crippen LogP contribution in [-0.2, 0) is 9.59 Å². The van der Waals surface area contributed by atoms with E-state index >= 15 is 0 Å². The van der Waals surface area contributed by atoms with E-state index in [0.717, 1.165) is 0 Å². The SMILES string of the molecule is O=C(O)C1CCC(=O)N1c1ccc([N+](=O)[O-])cc1. The second-order valence-electron chi connectivity index (χ2n) is 3.93. The van der Waals surface area contributed by atoms with Crippen molar-refractivity contribution in [3.8, 4) is 0 Å². The number of nitrogens with zero attached hydrogens (tertiary/aromatic N) is 2. The molecule has 94 valence electrons. The zero-order chi connectivity index (χ0) is 13.3. The Morgan fingerprint density at radius 2 is 2.00 bits per heavy atom. The third-order valence-electron chi connectivity index (χ3n) is 2.84. The summed E-state index contributed by atoms with van der Waals surface area (Å²) in [5, 5.41) is 19.5. The maximum atomic E-state index is 11.6. The maximum absolute atomic E-state index is 11.6. The molecule has 1 fully saturated rings. The number of nitro groups is 1. The summed E-state index contributed by atoms with van der Waals surface area (Å²) in [6.45, 7) is 0. The van der Waals surface area contributed by atoms with Gasteiger partial charge >= 0.3 is 5.97 Å². The van der Waals surface area contributed by atoms with Crippen LogP contribution in [0.4, 0.5) is 11.4 Å². The van der Waals surface area contributed by atoms with Crippen LogP contribution in [0.3, 0.4) is 0 Å². The summed E-state index contributed by atoms with van der Waals surface area (Å²) in [6.07, 6.45) is 0.430. The molecule has 1 amide bonds. The zero-order valence-electron chi connectivity index (χ0n) is 9.28. The molecule has 0 bridgehead atoms. The van der Waals surface area contributed by atoms with Crippen LogP contribution in [0.15, 0.2) is 24.3 Å². The lowest BCUT2D eigenvalue weighted by Gasteiger charge is -2.21. The van der Waals surface area contributed by atoms with E-state index in [-0.39, 0.29) is 24.4 Å². The molecule has 18 heavy (non-hydrogen) atoms. The first-order valence-corrected chi connectivity index (χ1v) is 5.30. The van der Waals surface area contributed by atoms with Crippen LogP contribution in [0.5, 0.6) is 0 Å². The van der Waals surface area contributed by atoms with Crippen molar-refractivity contribution in [2.45, 2.75) is 18.9 Å². The van der Waals surface area contributed by atoms with Crippen LogP contribution in [0.1, 0.15) is 12.8 Å². The number of hydrogen-bond acceptors (Lipinski definition) is 4. The lowest BCUT2D eigenvalue weighted by Crippen LogP contribution is -2.38. The van der Waals surface area contributed by atoms with Gasteiger partial charge in [-0.25, -0.2) is 4.79 Å². The second-order valence-corrected chi connectivity index (χ2v) is 3.93. The van der Waals surface area contributed by atoms with Gasteiger partial charge in [0.05, 0.1) is 4.92 Å². The van der Waals surface area contributed by atoms with Crippen molar-refractivity contribution in [1.82, 2.24) is 0 Å². The van der Waals surface area contributed by atoms with E-state index in [9.17, 15) is 19.7 Å². The van der Waals surface area contributed by atoms with Gasteiger partial charge in [0.1, 0.15) is 6.04 Å². The molecule has 0 radical (unpaired) electrons. The molecule has 1 heterocycles. The summed E-state index contributed by atoms with van der Waals surface area (Å²) < 4.78 is 0. The first-order chi connectivity index (χ1) is 8.50. The van der Waals surface area contributed by atoms with Crippen molar-refractivity contribution < 1.29 is 19.6 Å². The molecule has 0 aromatic heterocycles. The average molecular weight is 250 g/mol. The number of aliphatic carboxylic acids is 1. The normalized spacial score (nSPS) is 19.0. The van der Waals surface area contributed by atoms with Gasteiger partial charge < -0.3 is 5.11 Å². The fraction of sp³-hybridized carbons (Fsp3) is 0.273. The van der Waals surface area contributed by atoms with E-state index in [0.29, 0.717) is 5.69 Å². The van der Waals surface area contributed by atoms with Gasteiger partial charge in [0, 0.05) is 24.2 Å². The smallest absolute Gasteiger partial charge is 0.326 e. The highest BCUT2D eigenvalue weighted by atomic mass is 16.6. The standard InChI is InChI=1S/C11H10N2O5/c14-10-6-5-9(11(15)16)12(10)7-1-3-8(4-2-7)13(17)18/h1-4,9H,5-6H2,(H,15,16). The monoisotopic (exact) mass is 250 g/mol. The summed E-state index contributed by atoms with van der Waals surface area (Å²) in [4.78, 5) is 33.8. The van der Waals surface area contributed by atoms with Crippen molar-refractivity contribution in [3.05, 3.63) is 34.4 Å². The Morgan fingerprint density at radius 1 is 1.39 bits per heavy atom. The Balaban J connectivity index is 2.32. The summed E-state index contributed by atoms with van der Waals surface area (Å²) in [7, 11) is 0. The maximum Gasteiger partial charge on any atom is 0.326 e. The lowest BCUT2D eigenvalue weighted by molar-refractivity contribution is -0.384. The molecule has 1 aliphatic heterocycles. The van der Waals surface area contributed by atoms with Crippen LogP contribution < -0.4 is 4.90 Å². The molecule has 1 N–H and O–H groups in total. The number of nitro benzene ring substituents is 1. The molecule has 7 heteroatoms. The van der Waals surface area contributed by atoms with Gasteiger partial charge in [-0.1, -0.05) is 0 Å². The van der Waals surface area contributed by atoms with Crippen molar-refractivity contribution in [2.75, 3.05) is 4.90 Å². The van der Waals surface area contributed by atoms with E-state index in [1.807, 2.05) is 0 Å². The number of anilines is 1.